The summed E-state index contributed by atoms with van der Waals surface area (Å²) < 4.78 is 68.2. The summed E-state index contributed by atoms with van der Waals surface area (Å²) in [4.78, 5) is 77.3. The van der Waals surface area contributed by atoms with Crippen LogP contribution >= 0.6 is 31.3 Å². The molecule has 0 saturated heterocycles. The van der Waals surface area contributed by atoms with Crippen molar-refractivity contribution in [3.63, 3.8) is 0 Å². The van der Waals surface area contributed by atoms with Gasteiger partial charge in [0.15, 0.2) is 6.10 Å². The second-order valence-electron chi connectivity index (χ2n) is 6.15. The van der Waals surface area contributed by atoms with Gasteiger partial charge in [0.25, 0.3) is 0 Å². The Kier molecular flexibility index (Phi) is 10.8. The predicted octanol–water partition coefficient (Wildman–Crippen LogP) is -1.44. The smallest absolute Gasteiger partial charge is 0.372 e. The lowest BCUT2D eigenvalue weighted by molar-refractivity contribution is -0.347. The summed E-state index contributed by atoms with van der Waals surface area (Å²) in [6, 6.07) is 0. The molecule has 3 unspecified atom stereocenters. The van der Waals surface area contributed by atoms with Crippen molar-refractivity contribution < 1.29 is 90.4 Å². The first-order valence-corrected chi connectivity index (χ1v) is 14.3. The van der Waals surface area contributed by atoms with Gasteiger partial charge in [-0.25, -0.2) is 23.1 Å². The van der Waals surface area contributed by atoms with Gasteiger partial charge in [-0.2, -0.15) is 0 Å². The summed E-state index contributed by atoms with van der Waals surface area (Å²) in [5, 5.41) is 9.27. The number of hydrogen-bond acceptors (Lipinski definition) is 11. The molecule has 0 aromatic rings. The van der Waals surface area contributed by atoms with Crippen LogP contribution in [0.1, 0.15) is 13.3 Å². The summed E-state index contributed by atoms with van der Waals surface area (Å²) in [6.07, 6.45) is -14.3. The molecule has 0 aliphatic heterocycles. The fraction of sp³-hybridized carbons (Fsp3) is 1.00. The lowest BCUT2D eigenvalue weighted by atomic mass is 9.85. The Morgan fingerprint density at radius 1 is 0.562 bits per heavy atom. The van der Waals surface area contributed by atoms with E-state index in [1.807, 2.05) is 0 Å². The second-order valence-corrected chi connectivity index (χ2v) is 10.9. The van der Waals surface area contributed by atoms with E-state index in [-0.39, 0.29) is 13.0 Å². The first-order chi connectivity index (χ1) is 14.3. The van der Waals surface area contributed by atoms with Gasteiger partial charge in [-0.15, -0.1) is 0 Å². The third-order valence-electron chi connectivity index (χ3n) is 3.62. The van der Waals surface area contributed by atoms with Gasteiger partial charge in [0.05, 0.1) is 0 Å². The van der Waals surface area contributed by atoms with Crippen molar-refractivity contribution >= 4 is 31.3 Å². The zero-order valence-corrected chi connectivity index (χ0v) is 19.4. The average Bonchev–Trinajstić information content (AvgIpc) is 2.54. The minimum absolute atomic E-state index is 0.188. The zero-order chi connectivity index (χ0) is 25.1. The third-order valence-corrected chi connectivity index (χ3v) is 5.69. The van der Waals surface area contributed by atoms with E-state index in [0.717, 1.165) is 0 Å². The normalized spacial score (nSPS) is 30.4. The van der Waals surface area contributed by atoms with E-state index in [4.69, 9.17) is 24.3 Å². The molecule has 1 fully saturated rings. The molecule has 0 aromatic carbocycles. The molecule has 192 valence electrons. The average molecular weight is 558 g/mol. The Bertz CT molecular complexity index is 793. The minimum Gasteiger partial charge on any atom is -0.372 e. The summed E-state index contributed by atoms with van der Waals surface area (Å²) in [6.45, 7) is 1.23. The van der Waals surface area contributed by atoms with Crippen molar-refractivity contribution in [3.8, 4) is 0 Å². The molecule has 1 saturated carbocycles. The van der Waals surface area contributed by atoms with Gasteiger partial charge in [0, 0.05) is 6.61 Å². The Morgan fingerprint density at radius 3 is 1.09 bits per heavy atom. The Labute approximate surface area is 179 Å². The number of hydrogen-bond donors (Lipinski definition) is 9. The Morgan fingerprint density at radius 2 is 0.844 bits per heavy atom. The fourth-order valence-corrected chi connectivity index (χ4v) is 5.03. The fourth-order valence-electron chi connectivity index (χ4n) is 2.80. The summed E-state index contributed by atoms with van der Waals surface area (Å²) in [5.74, 6) is 0. The van der Waals surface area contributed by atoms with Crippen molar-refractivity contribution in [1.29, 1.82) is 0 Å². The van der Waals surface area contributed by atoms with Crippen LogP contribution in [-0.4, -0.2) is 87.6 Å². The molecule has 9 N–H and O–H groups in total. The molecule has 1 aliphatic rings. The highest BCUT2D eigenvalue weighted by atomic mass is 31.2. The molecule has 23 heteroatoms. The van der Waals surface area contributed by atoms with E-state index in [1.54, 1.807) is 0 Å². The van der Waals surface area contributed by atoms with Crippen LogP contribution < -0.4 is 0 Å². The first-order valence-electron chi connectivity index (χ1n) is 8.15. The molecule has 32 heavy (non-hydrogen) atoms. The lowest BCUT2D eigenvalue weighted by Crippen LogP contribution is -2.66. The van der Waals surface area contributed by atoms with Gasteiger partial charge in [-0.3, -0.25) is 23.4 Å². The van der Waals surface area contributed by atoms with Crippen LogP contribution in [-0.2, 0) is 46.0 Å². The monoisotopic (exact) mass is 558 g/mol. The van der Waals surface area contributed by atoms with E-state index in [9.17, 15) is 43.1 Å². The van der Waals surface area contributed by atoms with Gasteiger partial charge in [0.1, 0.15) is 30.5 Å². The molecule has 1 aliphatic carbocycles. The largest absolute Gasteiger partial charge is 0.470 e. The van der Waals surface area contributed by atoms with Gasteiger partial charge < -0.3 is 43.9 Å². The van der Waals surface area contributed by atoms with Gasteiger partial charge in [-0.05, 0) is 6.42 Å². The van der Waals surface area contributed by atoms with Crippen molar-refractivity contribution in [2.75, 3.05) is 6.61 Å². The molecular formula is C9H22O19P4. The van der Waals surface area contributed by atoms with Crippen LogP contribution in [0.4, 0.5) is 0 Å². The highest BCUT2D eigenvalue weighted by Crippen LogP contribution is 2.53. The van der Waals surface area contributed by atoms with Crippen LogP contribution in [0.5, 0.6) is 0 Å². The highest BCUT2D eigenvalue weighted by molar-refractivity contribution is 7.47. The Balaban J connectivity index is 3.74. The zero-order valence-electron chi connectivity index (χ0n) is 15.8. The summed E-state index contributed by atoms with van der Waals surface area (Å²) >= 11 is 0. The van der Waals surface area contributed by atoms with Crippen LogP contribution in [0.3, 0.4) is 0 Å². The molecule has 0 spiro atoms. The molecule has 0 amide bonds. The highest BCUT2D eigenvalue weighted by Gasteiger charge is 2.60. The van der Waals surface area contributed by atoms with Crippen molar-refractivity contribution in [2.24, 2.45) is 0 Å². The van der Waals surface area contributed by atoms with Gasteiger partial charge >= 0.3 is 31.3 Å². The lowest BCUT2D eigenvalue weighted by Gasteiger charge is -2.47. The van der Waals surface area contributed by atoms with E-state index in [0.29, 0.717) is 0 Å². The maximum Gasteiger partial charge on any atom is 0.470 e. The van der Waals surface area contributed by atoms with Crippen LogP contribution in [0, 0.1) is 0 Å². The molecule has 0 aromatic heterocycles. The minimum atomic E-state index is -5.69. The van der Waals surface area contributed by atoms with E-state index >= 15 is 0 Å². The number of phosphoric ester groups is 4. The maximum absolute atomic E-state index is 11.4. The number of ether oxygens (including phenoxy) is 1. The van der Waals surface area contributed by atoms with Crippen molar-refractivity contribution in [3.05, 3.63) is 0 Å². The molecule has 19 nitrogen and oxygen atoms in total. The van der Waals surface area contributed by atoms with Gasteiger partial charge in [0.2, 0.25) is 0 Å². The van der Waals surface area contributed by atoms with E-state index < -0.39 is 67.9 Å². The van der Waals surface area contributed by atoms with Crippen molar-refractivity contribution in [2.45, 2.75) is 50.0 Å². The molecule has 1 rings (SSSR count). The second kappa shape index (κ2) is 11.4. The third kappa shape index (κ3) is 10.3. The quantitative estimate of drug-likeness (QED) is 0.0752. The van der Waals surface area contributed by atoms with Crippen molar-refractivity contribution in [1.82, 2.24) is 0 Å². The van der Waals surface area contributed by atoms with Crippen LogP contribution in [0.15, 0.2) is 0 Å². The predicted molar refractivity (Wildman–Crippen MR) is 95.2 cm³/mol. The Hall–Kier alpha value is 0.320. The van der Waals surface area contributed by atoms with Crippen LogP contribution in [0.2, 0.25) is 0 Å². The van der Waals surface area contributed by atoms with E-state index in [1.165, 1.54) is 6.92 Å². The van der Waals surface area contributed by atoms with Crippen LogP contribution in [0.25, 0.3) is 0 Å². The maximum atomic E-state index is 11.4. The standard InChI is InChI=1S/C9H22O19P4/c1-2-3-23-4-5(24-10)7(26-30(14,15)16)9(28-32(20,21)22)8(27-31(17,18)19)6(4)25-29(11,12)13/h4-10H,2-3H2,1H3,(H2,11,12,13)(H2,14,15,16)(H2,17,18,19)(H2,20,21,22)/t4-,5?,6?,7+,8?,9+/m1/s1. The number of phosphoric acid groups is 4. The molecular weight excluding hydrogens is 536 g/mol. The first kappa shape index (κ1) is 30.4. The topological polar surface area (TPSA) is 306 Å². The van der Waals surface area contributed by atoms with Gasteiger partial charge in [-0.1, -0.05) is 6.92 Å². The molecule has 0 bridgehead atoms. The summed E-state index contributed by atoms with van der Waals surface area (Å²) in [5.41, 5.74) is 0. The summed E-state index contributed by atoms with van der Waals surface area (Å²) in [7, 11) is -22.5. The SMILES string of the molecule is CCCO[C@H]1C(OP(=O)(O)O)C(OP(=O)(O)O)[C@@H](OP(=O)(O)O)[C@@H](OP(=O)(O)O)C1OO. The van der Waals surface area contributed by atoms with E-state index in [2.05, 4.69) is 23.0 Å². The molecule has 0 heterocycles. The molecule has 0 radical (unpaired) electrons. The molecule has 6 atom stereocenters. The number of rotatable bonds is 12.